The number of rotatable bonds is 6. The van der Waals surface area contributed by atoms with E-state index in [9.17, 15) is 9.90 Å². The lowest BCUT2D eigenvalue weighted by molar-refractivity contribution is 0.0687. The van der Waals surface area contributed by atoms with Crippen LogP contribution in [0.15, 0.2) is 53.5 Å². The van der Waals surface area contributed by atoms with E-state index in [0.29, 0.717) is 30.8 Å². The van der Waals surface area contributed by atoms with E-state index in [1.807, 2.05) is 30.3 Å². The van der Waals surface area contributed by atoms with Crippen LogP contribution in [0.1, 0.15) is 35.2 Å². The highest BCUT2D eigenvalue weighted by Gasteiger charge is 2.38. The molecular formula is C25H26N2O5. The van der Waals surface area contributed by atoms with Gasteiger partial charge in [0.05, 0.1) is 26.0 Å². The van der Waals surface area contributed by atoms with Crippen LogP contribution < -0.4 is 14.8 Å². The van der Waals surface area contributed by atoms with E-state index in [4.69, 9.17) is 19.2 Å². The predicted molar refractivity (Wildman–Crippen MR) is 121 cm³/mol. The van der Waals surface area contributed by atoms with Gasteiger partial charge in [-0.3, -0.25) is 0 Å². The number of amidine groups is 1. The Hall–Kier alpha value is -3.32. The molecule has 0 aromatic heterocycles. The summed E-state index contributed by atoms with van der Waals surface area (Å²) in [5.74, 6) is 2.03. The van der Waals surface area contributed by atoms with Crippen LogP contribution in [0.5, 0.6) is 11.5 Å². The Morgan fingerprint density at radius 2 is 2.16 bits per heavy atom. The molecule has 3 aliphatic rings. The number of aromatic carboxylic acids is 1. The zero-order valence-electron chi connectivity index (χ0n) is 17.9. The fraction of sp³-hybridized carbons (Fsp3) is 0.360. The number of fused-ring (bicyclic) bond motifs is 1. The van der Waals surface area contributed by atoms with Gasteiger partial charge in [0.15, 0.2) is 0 Å². The van der Waals surface area contributed by atoms with Crippen LogP contribution in [-0.4, -0.2) is 43.3 Å². The van der Waals surface area contributed by atoms with Gasteiger partial charge < -0.3 is 24.6 Å². The average molecular weight is 434 g/mol. The first kappa shape index (κ1) is 20.6. The highest BCUT2D eigenvalue weighted by atomic mass is 16.5. The van der Waals surface area contributed by atoms with Gasteiger partial charge in [-0.25, -0.2) is 9.79 Å². The molecule has 0 bridgehead atoms. The number of carboxylic acid groups (broad SMARTS) is 1. The molecule has 166 valence electrons. The highest BCUT2D eigenvalue weighted by molar-refractivity contribution is 6.00. The normalized spacial score (nSPS) is 24.0. The fourth-order valence-corrected chi connectivity index (χ4v) is 4.24. The van der Waals surface area contributed by atoms with Crippen LogP contribution in [-0.2, 0) is 4.74 Å². The van der Waals surface area contributed by atoms with E-state index in [2.05, 4.69) is 11.4 Å². The fourth-order valence-electron chi connectivity index (χ4n) is 4.24. The van der Waals surface area contributed by atoms with Crippen molar-refractivity contribution in [3.05, 3.63) is 59.7 Å². The Balaban J connectivity index is 1.43. The SMILES string of the molecule is COc1cccc(NC2=NC(c3ccc(O[C@H]4CCOC4)c(C(=O)O)c3)=CC3CC3C2)c1. The van der Waals surface area contributed by atoms with Crippen molar-refractivity contribution < 1.29 is 24.1 Å². The molecule has 1 saturated carbocycles. The molecule has 2 aliphatic heterocycles. The molecule has 1 aliphatic carbocycles. The van der Waals surface area contributed by atoms with Gasteiger partial charge in [0.1, 0.15) is 29.0 Å². The van der Waals surface area contributed by atoms with Gasteiger partial charge in [-0.2, -0.15) is 0 Å². The predicted octanol–water partition coefficient (Wildman–Crippen LogP) is 4.45. The molecule has 2 N–H and O–H groups in total. The Bertz CT molecular complexity index is 1090. The monoisotopic (exact) mass is 434 g/mol. The lowest BCUT2D eigenvalue weighted by Gasteiger charge is -2.15. The number of methoxy groups -OCH3 is 1. The molecule has 5 rings (SSSR count). The first-order valence-corrected chi connectivity index (χ1v) is 10.9. The summed E-state index contributed by atoms with van der Waals surface area (Å²) in [6.45, 7) is 1.12. The summed E-state index contributed by atoms with van der Waals surface area (Å²) in [5.41, 5.74) is 2.62. The summed E-state index contributed by atoms with van der Waals surface area (Å²) >= 11 is 0. The standard InChI is InChI=1S/C25H26N2O5/c1-30-19-4-2-3-18(13-19)26-24-12-17-9-16(17)11-22(27-24)15-5-6-23(21(10-15)25(28)29)32-20-7-8-31-14-20/h2-6,10-11,13,16-17,20H,7-9,12,14H2,1H3,(H,26,27)(H,28,29)/t16?,17?,20-/m0/s1. The van der Waals surface area contributed by atoms with E-state index in [0.717, 1.165) is 47.8 Å². The molecule has 2 heterocycles. The Morgan fingerprint density at radius 1 is 1.25 bits per heavy atom. The van der Waals surface area contributed by atoms with Gasteiger partial charge >= 0.3 is 5.97 Å². The molecule has 2 aromatic carbocycles. The molecular weight excluding hydrogens is 408 g/mol. The van der Waals surface area contributed by atoms with Gasteiger partial charge in [0.2, 0.25) is 0 Å². The largest absolute Gasteiger partial charge is 0.497 e. The van der Waals surface area contributed by atoms with Gasteiger partial charge in [-0.1, -0.05) is 12.1 Å². The first-order valence-electron chi connectivity index (χ1n) is 10.9. The third-order valence-corrected chi connectivity index (χ3v) is 6.11. The molecule has 7 nitrogen and oxygen atoms in total. The third-order valence-electron chi connectivity index (χ3n) is 6.11. The van der Waals surface area contributed by atoms with Crippen LogP contribution >= 0.6 is 0 Å². The summed E-state index contributed by atoms with van der Waals surface area (Å²) in [6.07, 6.45) is 4.79. The van der Waals surface area contributed by atoms with E-state index in [-0.39, 0.29) is 11.7 Å². The van der Waals surface area contributed by atoms with Crippen LogP contribution in [0, 0.1) is 11.8 Å². The van der Waals surface area contributed by atoms with Crippen molar-refractivity contribution in [1.82, 2.24) is 0 Å². The Morgan fingerprint density at radius 3 is 2.94 bits per heavy atom. The number of carbonyl (C=O) groups is 1. The number of hydrogen-bond acceptors (Lipinski definition) is 6. The zero-order chi connectivity index (χ0) is 22.1. The van der Waals surface area contributed by atoms with Crippen molar-refractivity contribution in [1.29, 1.82) is 0 Å². The van der Waals surface area contributed by atoms with Crippen molar-refractivity contribution in [3.63, 3.8) is 0 Å². The molecule has 0 amide bonds. The molecule has 1 saturated heterocycles. The number of ether oxygens (including phenoxy) is 3. The van der Waals surface area contributed by atoms with Crippen LogP contribution in [0.2, 0.25) is 0 Å². The van der Waals surface area contributed by atoms with E-state index < -0.39 is 5.97 Å². The van der Waals surface area contributed by atoms with Gasteiger partial charge in [-0.05, 0) is 48.6 Å². The van der Waals surface area contributed by atoms with Crippen molar-refractivity contribution in [3.8, 4) is 11.5 Å². The lowest BCUT2D eigenvalue weighted by Crippen LogP contribution is -2.17. The maximum absolute atomic E-state index is 11.9. The van der Waals surface area contributed by atoms with E-state index in [1.54, 1.807) is 19.2 Å². The number of nitrogens with one attached hydrogen (secondary N) is 1. The van der Waals surface area contributed by atoms with Crippen molar-refractivity contribution >= 4 is 23.2 Å². The van der Waals surface area contributed by atoms with Gasteiger partial charge in [-0.15, -0.1) is 0 Å². The van der Waals surface area contributed by atoms with Gasteiger partial charge in [0, 0.05) is 30.2 Å². The van der Waals surface area contributed by atoms with Crippen LogP contribution in [0.4, 0.5) is 5.69 Å². The highest BCUT2D eigenvalue weighted by Crippen LogP contribution is 2.46. The van der Waals surface area contributed by atoms with Crippen molar-refractivity contribution in [2.24, 2.45) is 16.8 Å². The molecule has 32 heavy (non-hydrogen) atoms. The lowest BCUT2D eigenvalue weighted by atomic mass is 10.1. The van der Waals surface area contributed by atoms with E-state index >= 15 is 0 Å². The van der Waals surface area contributed by atoms with Gasteiger partial charge in [0.25, 0.3) is 0 Å². The number of allylic oxidation sites excluding steroid dienone is 1. The number of carboxylic acids is 1. The van der Waals surface area contributed by atoms with Crippen LogP contribution in [0.3, 0.4) is 0 Å². The molecule has 3 atom stereocenters. The van der Waals surface area contributed by atoms with E-state index in [1.165, 1.54) is 0 Å². The summed E-state index contributed by atoms with van der Waals surface area (Å²) in [4.78, 5) is 16.8. The summed E-state index contributed by atoms with van der Waals surface area (Å²) in [6, 6.07) is 13.0. The van der Waals surface area contributed by atoms with Crippen LogP contribution in [0.25, 0.3) is 5.70 Å². The number of nitrogens with zero attached hydrogens (tertiary/aromatic N) is 1. The van der Waals surface area contributed by atoms with Crippen molar-refractivity contribution in [2.75, 3.05) is 25.6 Å². The first-order chi connectivity index (χ1) is 15.6. The number of anilines is 1. The Labute approximate surface area is 186 Å². The zero-order valence-corrected chi connectivity index (χ0v) is 17.9. The molecule has 2 fully saturated rings. The number of aliphatic imine (C=N–C) groups is 1. The molecule has 0 spiro atoms. The second kappa shape index (κ2) is 8.67. The molecule has 0 radical (unpaired) electrons. The third kappa shape index (κ3) is 4.48. The molecule has 7 heteroatoms. The summed E-state index contributed by atoms with van der Waals surface area (Å²) < 4.78 is 16.6. The molecule has 2 unspecified atom stereocenters. The second-order valence-electron chi connectivity index (χ2n) is 8.45. The minimum absolute atomic E-state index is 0.111. The summed E-state index contributed by atoms with van der Waals surface area (Å²) in [5, 5.41) is 13.2. The number of benzene rings is 2. The average Bonchev–Trinajstić information content (AvgIpc) is 3.34. The summed E-state index contributed by atoms with van der Waals surface area (Å²) in [7, 11) is 1.64. The molecule has 2 aromatic rings. The number of hydrogen-bond donors (Lipinski definition) is 2. The quantitative estimate of drug-likeness (QED) is 0.698. The Kier molecular flexibility index (Phi) is 5.57. The minimum atomic E-state index is -1.02. The maximum Gasteiger partial charge on any atom is 0.339 e. The van der Waals surface area contributed by atoms with Crippen molar-refractivity contribution in [2.45, 2.75) is 25.4 Å². The topological polar surface area (TPSA) is 89.4 Å². The maximum atomic E-state index is 11.9. The second-order valence-corrected chi connectivity index (χ2v) is 8.45. The smallest absolute Gasteiger partial charge is 0.339 e. The minimum Gasteiger partial charge on any atom is -0.497 e.